The zero-order valence-corrected chi connectivity index (χ0v) is 20.8. The van der Waals surface area contributed by atoms with Crippen LogP contribution in [0.15, 0.2) is 63.9 Å². The van der Waals surface area contributed by atoms with Gasteiger partial charge in [-0.3, -0.25) is 4.98 Å². The fourth-order valence-corrected chi connectivity index (χ4v) is 4.57. The maximum atomic E-state index is 13.1. The maximum absolute atomic E-state index is 13.1. The molecule has 0 fully saturated rings. The minimum absolute atomic E-state index is 0.345. The lowest BCUT2D eigenvalue weighted by molar-refractivity contribution is 0.459. The predicted molar refractivity (Wildman–Crippen MR) is 131 cm³/mol. The van der Waals surface area contributed by atoms with Crippen molar-refractivity contribution in [2.75, 3.05) is 0 Å². The number of para-hydroxylation sites is 1. The molecule has 4 rings (SSSR count). The fourth-order valence-electron chi connectivity index (χ4n) is 3.42. The number of hydrogen-bond acceptors (Lipinski definition) is 6. The van der Waals surface area contributed by atoms with Gasteiger partial charge in [-0.25, -0.2) is 4.98 Å². The van der Waals surface area contributed by atoms with Crippen LogP contribution in [0.3, 0.4) is 0 Å². The highest BCUT2D eigenvalue weighted by Gasteiger charge is 2.32. The maximum Gasteiger partial charge on any atom is 0.167 e. The van der Waals surface area contributed by atoms with Gasteiger partial charge >= 0.3 is 0 Å². The predicted octanol–water partition coefficient (Wildman–Crippen LogP) is 5.69. The summed E-state index contributed by atoms with van der Waals surface area (Å²) < 4.78 is 22.3. The summed E-state index contributed by atoms with van der Waals surface area (Å²) in [6.07, 6.45) is 2.27. The third kappa shape index (κ3) is 4.88. The number of aryl methyl sites for hydroxylation is 1. The Morgan fingerprint density at radius 3 is 2.69 bits per heavy atom. The molecule has 4 aromatic rings. The van der Waals surface area contributed by atoms with Crippen molar-refractivity contribution in [2.45, 2.75) is 44.9 Å². The molecule has 3 heterocycles. The average molecular weight is 513 g/mol. The van der Waals surface area contributed by atoms with Gasteiger partial charge in [-0.15, -0.1) is 4.72 Å². The molecular formula is C24H25BrN4O2S. The quantitative estimate of drug-likeness (QED) is 0.263. The number of nitrogens with one attached hydrogen (secondary N) is 1. The van der Waals surface area contributed by atoms with E-state index in [0.717, 1.165) is 38.2 Å². The zero-order chi connectivity index (χ0) is 22.9. The molecule has 1 N–H and O–H groups in total. The number of hydrogen-bond donors (Lipinski definition) is 1. The van der Waals surface area contributed by atoms with Crippen molar-refractivity contribution >= 4 is 38.3 Å². The highest BCUT2D eigenvalue weighted by molar-refractivity contribution is 9.10. The summed E-state index contributed by atoms with van der Waals surface area (Å²) >= 11 is 2.16. The first-order valence-corrected chi connectivity index (χ1v) is 12.3. The molecule has 0 aliphatic heterocycles. The standard InChI is InChI=1S/C24H25BrN4O2S/c1-15-11-12-21(25)27-18(15)14-19(29-32(30)24(2,3)4)23-17(9-7-13-26-23)22-16-8-5-6-10-20(16)31-28-22/h5-13,19,29H,14H2,1-4H3/t19-,32?/m0/s1. The molecule has 0 radical (unpaired) electrons. The number of halogens is 1. The smallest absolute Gasteiger partial charge is 0.167 e. The molecule has 6 nitrogen and oxygen atoms in total. The summed E-state index contributed by atoms with van der Waals surface area (Å²) in [7, 11) is 0. The summed E-state index contributed by atoms with van der Waals surface area (Å²) in [4.78, 5) is 9.37. The number of rotatable bonds is 6. The van der Waals surface area contributed by atoms with Crippen LogP contribution in [0.2, 0.25) is 0 Å². The Morgan fingerprint density at radius 1 is 1.12 bits per heavy atom. The van der Waals surface area contributed by atoms with Gasteiger partial charge in [0.2, 0.25) is 0 Å². The van der Waals surface area contributed by atoms with E-state index in [0.29, 0.717) is 12.0 Å². The summed E-state index contributed by atoms with van der Waals surface area (Å²) in [6.45, 7) is 7.86. The van der Waals surface area contributed by atoms with Gasteiger partial charge in [-0.2, -0.15) is 0 Å². The van der Waals surface area contributed by atoms with Crippen LogP contribution in [0.5, 0.6) is 0 Å². The molecule has 32 heavy (non-hydrogen) atoms. The molecule has 0 saturated carbocycles. The Hall–Kier alpha value is -2.26. The molecule has 0 spiro atoms. The van der Waals surface area contributed by atoms with E-state index < -0.39 is 16.1 Å². The van der Waals surface area contributed by atoms with E-state index in [9.17, 15) is 4.55 Å². The lowest BCUT2D eigenvalue weighted by Crippen LogP contribution is -2.42. The minimum Gasteiger partial charge on any atom is -0.598 e. The van der Waals surface area contributed by atoms with E-state index in [1.165, 1.54) is 0 Å². The summed E-state index contributed by atoms with van der Waals surface area (Å²) in [5, 5.41) is 5.24. The van der Waals surface area contributed by atoms with Gasteiger partial charge in [-0.05, 0) is 79.5 Å². The minimum atomic E-state index is -1.31. The van der Waals surface area contributed by atoms with E-state index in [-0.39, 0.29) is 6.04 Å². The fraction of sp³-hybridized carbons (Fsp3) is 0.292. The molecule has 0 aliphatic rings. The van der Waals surface area contributed by atoms with Crippen molar-refractivity contribution in [1.29, 1.82) is 0 Å². The van der Waals surface area contributed by atoms with Gasteiger partial charge in [0.1, 0.15) is 21.1 Å². The Labute approximate surface area is 199 Å². The second kappa shape index (κ2) is 9.31. The first-order chi connectivity index (χ1) is 15.2. The van der Waals surface area contributed by atoms with Crippen LogP contribution in [0, 0.1) is 6.92 Å². The normalized spacial score (nSPS) is 13.9. The number of pyridine rings is 2. The first kappa shape index (κ1) is 22.9. The monoisotopic (exact) mass is 512 g/mol. The van der Waals surface area contributed by atoms with E-state index in [2.05, 4.69) is 30.8 Å². The average Bonchev–Trinajstić information content (AvgIpc) is 3.19. The summed E-state index contributed by atoms with van der Waals surface area (Å²) in [5.41, 5.74) is 5.00. The second-order valence-corrected chi connectivity index (χ2v) is 11.4. The van der Waals surface area contributed by atoms with E-state index in [4.69, 9.17) is 9.51 Å². The largest absolute Gasteiger partial charge is 0.598 e. The highest BCUT2D eigenvalue weighted by atomic mass is 79.9. The van der Waals surface area contributed by atoms with Crippen molar-refractivity contribution < 1.29 is 9.08 Å². The van der Waals surface area contributed by atoms with Gasteiger partial charge in [0.25, 0.3) is 0 Å². The van der Waals surface area contributed by atoms with Crippen LogP contribution in [0.25, 0.3) is 22.2 Å². The molecule has 0 amide bonds. The van der Waals surface area contributed by atoms with E-state index in [1.54, 1.807) is 6.20 Å². The van der Waals surface area contributed by atoms with E-state index in [1.807, 2.05) is 76.2 Å². The molecule has 1 aromatic carbocycles. The summed E-state index contributed by atoms with van der Waals surface area (Å²) in [6, 6.07) is 15.2. The Morgan fingerprint density at radius 2 is 1.91 bits per heavy atom. The van der Waals surface area contributed by atoms with Crippen LogP contribution in [0.4, 0.5) is 0 Å². The van der Waals surface area contributed by atoms with Gasteiger partial charge in [0.05, 0.1) is 5.69 Å². The first-order valence-electron chi connectivity index (χ1n) is 10.3. The van der Waals surface area contributed by atoms with Crippen LogP contribution in [-0.2, 0) is 17.8 Å². The van der Waals surface area contributed by atoms with Crippen LogP contribution < -0.4 is 4.72 Å². The third-order valence-electron chi connectivity index (χ3n) is 5.17. The van der Waals surface area contributed by atoms with Crippen molar-refractivity contribution in [3.05, 3.63) is 76.3 Å². The molecule has 0 aliphatic carbocycles. The van der Waals surface area contributed by atoms with Crippen molar-refractivity contribution in [3.63, 3.8) is 0 Å². The van der Waals surface area contributed by atoms with Gasteiger partial charge in [-0.1, -0.05) is 23.4 Å². The Kier molecular flexibility index (Phi) is 6.67. The van der Waals surface area contributed by atoms with Crippen LogP contribution in [0.1, 0.15) is 43.8 Å². The Balaban J connectivity index is 1.82. The number of benzene rings is 1. The van der Waals surface area contributed by atoms with Crippen molar-refractivity contribution in [3.8, 4) is 11.3 Å². The second-order valence-electron chi connectivity index (χ2n) is 8.62. The van der Waals surface area contributed by atoms with Gasteiger partial charge in [0.15, 0.2) is 5.58 Å². The molecular weight excluding hydrogens is 488 g/mol. The number of nitrogens with zero attached hydrogens (tertiary/aromatic N) is 3. The van der Waals surface area contributed by atoms with Crippen LogP contribution >= 0.6 is 15.9 Å². The number of aromatic nitrogens is 3. The topological polar surface area (TPSA) is 86.9 Å². The van der Waals surface area contributed by atoms with Gasteiger partial charge in [0, 0.05) is 40.6 Å². The lowest BCUT2D eigenvalue weighted by Gasteiger charge is -2.28. The highest BCUT2D eigenvalue weighted by Crippen LogP contribution is 2.34. The SMILES string of the molecule is Cc1ccc(Br)nc1C[C@H](N[S+]([O-])C(C)(C)C)c1ncccc1-c1noc2ccccc12. The van der Waals surface area contributed by atoms with Crippen molar-refractivity contribution in [1.82, 2.24) is 19.8 Å². The molecule has 3 aromatic heterocycles. The Bertz CT molecular complexity index is 1240. The van der Waals surface area contributed by atoms with E-state index >= 15 is 0 Å². The molecule has 0 bridgehead atoms. The van der Waals surface area contributed by atoms with Crippen LogP contribution in [-0.4, -0.2) is 24.4 Å². The molecule has 1 unspecified atom stereocenters. The van der Waals surface area contributed by atoms with Crippen molar-refractivity contribution in [2.24, 2.45) is 0 Å². The van der Waals surface area contributed by atoms with Gasteiger partial charge < -0.3 is 9.08 Å². The third-order valence-corrected chi connectivity index (χ3v) is 7.22. The lowest BCUT2D eigenvalue weighted by atomic mass is 9.98. The molecule has 8 heteroatoms. The number of fused-ring (bicyclic) bond motifs is 1. The molecule has 166 valence electrons. The molecule has 2 atom stereocenters. The zero-order valence-electron chi connectivity index (χ0n) is 18.4. The summed E-state index contributed by atoms with van der Waals surface area (Å²) in [5.74, 6) is 0. The molecule has 0 saturated heterocycles.